The summed E-state index contributed by atoms with van der Waals surface area (Å²) in [4.78, 5) is 0. The maximum absolute atomic E-state index is 2.66. The van der Waals surface area contributed by atoms with Crippen LogP contribution in [-0.2, 0) is 0 Å². The molecule has 17 heavy (non-hydrogen) atoms. The van der Waals surface area contributed by atoms with Crippen LogP contribution in [0.4, 0.5) is 0 Å². The molecule has 0 N–H and O–H groups in total. The molecular weight excluding hydrogens is 204 g/mol. The van der Waals surface area contributed by atoms with Gasteiger partial charge >= 0.3 is 0 Å². The molecule has 0 heterocycles. The van der Waals surface area contributed by atoms with Gasteiger partial charge < -0.3 is 0 Å². The highest BCUT2D eigenvalue weighted by atomic mass is 14.3. The largest absolute Gasteiger partial charge is 0.0654 e. The molecule has 0 bridgehead atoms. The fraction of sp³-hybridized carbons (Fsp3) is 0.941. The van der Waals surface area contributed by atoms with E-state index in [-0.39, 0.29) is 0 Å². The summed E-state index contributed by atoms with van der Waals surface area (Å²) in [5.74, 6) is 3.15. The molecule has 0 nitrogen and oxygen atoms in total. The summed E-state index contributed by atoms with van der Waals surface area (Å²) in [5.41, 5.74) is 0. The second-order valence-corrected chi connectivity index (χ2v) is 6.46. The first kappa shape index (κ1) is 13.4. The Labute approximate surface area is 109 Å². The third-order valence-electron chi connectivity index (χ3n) is 5.17. The number of rotatable bonds is 5. The van der Waals surface area contributed by atoms with Crippen LogP contribution in [0.15, 0.2) is 0 Å². The Bertz CT molecular complexity index is 182. The van der Waals surface area contributed by atoms with Gasteiger partial charge in [0.2, 0.25) is 0 Å². The summed E-state index contributed by atoms with van der Waals surface area (Å²) in [6.07, 6.45) is 20.5. The van der Waals surface area contributed by atoms with Crippen molar-refractivity contribution in [2.45, 2.75) is 84.0 Å². The van der Waals surface area contributed by atoms with Gasteiger partial charge in [-0.3, -0.25) is 0 Å². The van der Waals surface area contributed by atoms with Crippen molar-refractivity contribution in [3.8, 4) is 0 Å². The highest BCUT2D eigenvalue weighted by Crippen LogP contribution is 2.40. The Hall–Kier alpha value is 0. The van der Waals surface area contributed by atoms with Crippen molar-refractivity contribution >= 4 is 0 Å². The number of hydrogen-bond donors (Lipinski definition) is 0. The fourth-order valence-electron chi connectivity index (χ4n) is 3.99. The molecule has 1 radical (unpaired) electrons. The summed E-state index contributed by atoms with van der Waals surface area (Å²) in [5, 5.41) is 0. The first-order valence-corrected chi connectivity index (χ1v) is 8.23. The molecule has 0 aromatic carbocycles. The van der Waals surface area contributed by atoms with Crippen LogP contribution in [0.25, 0.3) is 0 Å². The number of unbranched alkanes of at least 4 members (excludes halogenated alkanes) is 2. The molecule has 0 spiro atoms. The summed E-state index contributed by atoms with van der Waals surface area (Å²) < 4.78 is 0. The van der Waals surface area contributed by atoms with E-state index in [1.165, 1.54) is 64.2 Å². The van der Waals surface area contributed by atoms with Crippen LogP contribution < -0.4 is 0 Å². The van der Waals surface area contributed by atoms with Crippen LogP contribution >= 0.6 is 0 Å². The SMILES string of the molecule is CCCCCC1CCC(C2[CH]CCCC2)CC1. The Morgan fingerprint density at radius 2 is 1.76 bits per heavy atom. The monoisotopic (exact) mass is 235 g/mol. The fourth-order valence-corrected chi connectivity index (χ4v) is 3.99. The predicted octanol–water partition coefficient (Wildman–Crippen LogP) is 5.77. The third kappa shape index (κ3) is 4.30. The Morgan fingerprint density at radius 1 is 0.941 bits per heavy atom. The summed E-state index contributed by atoms with van der Waals surface area (Å²) in [6, 6.07) is 0. The van der Waals surface area contributed by atoms with Crippen molar-refractivity contribution in [1.29, 1.82) is 0 Å². The molecule has 2 aliphatic carbocycles. The van der Waals surface area contributed by atoms with Crippen molar-refractivity contribution in [3.63, 3.8) is 0 Å². The molecule has 0 amide bonds. The smallest absolute Gasteiger partial charge is 0.0352 e. The molecule has 2 aliphatic rings. The average molecular weight is 235 g/mol. The second-order valence-electron chi connectivity index (χ2n) is 6.46. The van der Waals surface area contributed by atoms with Gasteiger partial charge in [-0.15, -0.1) is 0 Å². The highest BCUT2D eigenvalue weighted by Gasteiger charge is 2.28. The lowest BCUT2D eigenvalue weighted by atomic mass is 9.70. The third-order valence-corrected chi connectivity index (χ3v) is 5.17. The summed E-state index contributed by atoms with van der Waals surface area (Å²) in [7, 11) is 0. The van der Waals surface area contributed by atoms with E-state index in [0.717, 1.165) is 17.8 Å². The molecule has 0 aliphatic heterocycles. The molecule has 1 unspecified atom stereocenters. The Balaban J connectivity index is 1.63. The van der Waals surface area contributed by atoms with Crippen LogP contribution in [0, 0.1) is 24.2 Å². The van der Waals surface area contributed by atoms with Gasteiger partial charge in [0.1, 0.15) is 0 Å². The van der Waals surface area contributed by atoms with Gasteiger partial charge in [-0.25, -0.2) is 0 Å². The normalized spacial score (nSPS) is 31.6. The molecule has 0 aromatic heterocycles. The Kier molecular flexibility index (Phi) is 5.88. The van der Waals surface area contributed by atoms with Crippen molar-refractivity contribution in [2.75, 3.05) is 0 Å². The molecule has 0 aromatic rings. The van der Waals surface area contributed by atoms with Crippen LogP contribution in [0.5, 0.6) is 0 Å². The van der Waals surface area contributed by atoms with Crippen LogP contribution in [0.2, 0.25) is 0 Å². The van der Waals surface area contributed by atoms with E-state index in [1.54, 1.807) is 12.8 Å². The molecule has 2 rings (SSSR count). The summed E-state index contributed by atoms with van der Waals surface area (Å²) >= 11 is 0. The first-order chi connectivity index (χ1) is 8.40. The van der Waals surface area contributed by atoms with E-state index >= 15 is 0 Å². The maximum atomic E-state index is 2.66. The second kappa shape index (κ2) is 7.44. The molecule has 99 valence electrons. The zero-order valence-electron chi connectivity index (χ0n) is 11.8. The van der Waals surface area contributed by atoms with Crippen molar-refractivity contribution in [1.82, 2.24) is 0 Å². The topological polar surface area (TPSA) is 0 Å². The maximum Gasteiger partial charge on any atom is -0.0352 e. The minimum atomic E-state index is 1.00. The van der Waals surface area contributed by atoms with Crippen LogP contribution in [0.1, 0.15) is 84.0 Å². The van der Waals surface area contributed by atoms with Crippen molar-refractivity contribution < 1.29 is 0 Å². The molecule has 0 heteroatoms. The molecule has 2 saturated carbocycles. The molecular formula is C17H31. The quantitative estimate of drug-likeness (QED) is 0.531. The van der Waals surface area contributed by atoms with Crippen LogP contribution in [0.3, 0.4) is 0 Å². The van der Waals surface area contributed by atoms with Crippen molar-refractivity contribution in [3.05, 3.63) is 6.42 Å². The van der Waals surface area contributed by atoms with E-state index in [4.69, 9.17) is 0 Å². The van der Waals surface area contributed by atoms with E-state index < -0.39 is 0 Å². The zero-order chi connectivity index (χ0) is 11.9. The zero-order valence-corrected chi connectivity index (χ0v) is 11.8. The van der Waals surface area contributed by atoms with Gasteiger partial charge in [0.15, 0.2) is 0 Å². The first-order valence-electron chi connectivity index (χ1n) is 8.23. The lowest BCUT2D eigenvalue weighted by Gasteiger charge is -2.35. The van der Waals surface area contributed by atoms with E-state index in [1.807, 2.05) is 0 Å². The van der Waals surface area contributed by atoms with Gasteiger partial charge in [0.05, 0.1) is 0 Å². The van der Waals surface area contributed by atoms with Crippen molar-refractivity contribution in [2.24, 2.45) is 17.8 Å². The summed E-state index contributed by atoms with van der Waals surface area (Å²) in [6.45, 7) is 2.32. The van der Waals surface area contributed by atoms with E-state index in [9.17, 15) is 0 Å². The van der Waals surface area contributed by atoms with Gasteiger partial charge in [0.25, 0.3) is 0 Å². The molecule has 1 atom stereocenters. The molecule has 0 saturated heterocycles. The predicted molar refractivity (Wildman–Crippen MR) is 75.8 cm³/mol. The van der Waals surface area contributed by atoms with Gasteiger partial charge in [-0.1, -0.05) is 58.3 Å². The van der Waals surface area contributed by atoms with E-state index in [2.05, 4.69) is 13.3 Å². The minimum Gasteiger partial charge on any atom is -0.0654 e. The lowest BCUT2D eigenvalue weighted by molar-refractivity contribution is 0.192. The highest BCUT2D eigenvalue weighted by molar-refractivity contribution is 4.88. The molecule has 2 fully saturated rings. The average Bonchev–Trinajstić information content (AvgIpc) is 2.41. The Morgan fingerprint density at radius 3 is 2.41 bits per heavy atom. The minimum absolute atomic E-state index is 1.00. The number of hydrogen-bond acceptors (Lipinski definition) is 0. The van der Waals surface area contributed by atoms with Gasteiger partial charge in [0, 0.05) is 0 Å². The van der Waals surface area contributed by atoms with E-state index in [0.29, 0.717) is 0 Å². The van der Waals surface area contributed by atoms with Gasteiger partial charge in [-0.05, 0) is 49.9 Å². The van der Waals surface area contributed by atoms with Gasteiger partial charge in [-0.2, -0.15) is 0 Å². The standard InChI is InChI=1S/C17H31/c1-2-3-5-8-15-11-13-17(14-12-15)16-9-6-4-7-10-16/h9,15-17H,2-8,10-14H2,1H3. The lowest BCUT2D eigenvalue weighted by Crippen LogP contribution is -2.24. The van der Waals surface area contributed by atoms with Crippen LogP contribution in [-0.4, -0.2) is 0 Å².